The number of nitrogens with zero attached hydrogens (tertiary/aromatic N) is 3. The van der Waals surface area contributed by atoms with E-state index in [0.717, 1.165) is 21.8 Å². The number of phenolic OH excluding ortho intramolecular Hbond substituents is 1. The minimum Gasteiger partial charge on any atom is -0.508 e. The van der Waals surface area contributed by atoms with Crippen LogP contribution < -0.4 is 4.80 Å². The van der Waals surface area contributed by atoms with E-state index in [1.165, 1.54) is 11.3 Å². The summed E-state index contributed by atoms with van der Waals surface area (Å²) >= 11 is 1.54. The largest absolute Gasteiger partial charge is 0.508 e. The second kappa shape index (κ2) is 6.44. The molecule has 0 spiro atoms. The summed E-state index contributed by atoms with van der Waals surface area (Å²) < 4.78 is 7.44. The SMILES string of the molecule is Cc1cs/c(=N/N=C\c2ccc(O)cc2)n1Cc1ccco1. The standard InChI is InChI=1S/C16H15N3O2S/c1-12-11-22-16(19(12)10-15-3-2-8-21-15)18-17-9-13-4-6-14(20)7-5-13/h2-9,11,20H,10H2,1H3/b17-9-,18-16+. The van der Waals surface area contributed by atoms with Crippen LogP contribution in [-0.2, 0) is 6.54 Å². The van der Waals surface area contributed by atoms with Crippen LogP contribution in [0.15, 0.2) is 62.7 Å². The van der Waals surface area contributed by atoms with E-state index in [1.54, 1.807) is 36.7 Å². The van der Waals surface area contributed by atoms with Crippen LogP contribution >= 0.6 is 11.3 Å². The third-order valence-corrected chi connectivity index (χ3v) is 4.10. The van der Waals surface area contributed by atoms with Gasteiger partial charge in [-0.3, -0.25) is 0 Å². The molecule has 2 heterocycles. The number of thiazole rings is 1. The van der Waals surface area contributed by atoms with Crippen LogP contribution in [0.1, 0.15) is 17.0 Å². The summed E-state index contributed by atoms with van der Waals surface area (Å²) in [6, 6.07) is 10.6. The minimum atomic E-state index is 0.235. The predicted molar refractivity (Wildman–Crippen MR) is 86.1 cm³/mol. The Labute approximate surface area is 131 Å². The fourth-order valence-electron chi connectivity index (χ4n) is 1.95. The molecular formula is C16H15N3O2S. The van der Waals surface area contributed by atoms with Crippen LogP contribution in [-0.4, -0.2) is 15.9 Å². The van der Waals surface area contributed by atoms with Crippen molar-refractivity contribution in [3.05, 3.63) is 69.9 Å². The lowest BCUT2D eigenvalue weighted by Gasteiger charge is -2.02. The van der Waals surface area contributed by atoms with Gasteiger partial charge >= 0.3 is 0 Å². The first kappa shape index (κ1) is 14.3. The quantitative estimate of drug-likeness (QED) is 0.594. The average Bonchev–Trinajstić information content (AvgIpc) is 3.14. The molecule has 0 amide bonds. The summed E-state index contributed by atoms with van der Waals surface area (Å²) in [5, 5.41) is 19.7. The fourth-order valence-corrected chi connectivity index (χ4v) is 2.78. The van der Waals surface area contributed by atoms with Gasteiger partial charge in [-0.25, -0.2) is 0 Å². The molecule has 1 aromatic carbocycles. The highest BCUT2D eigenvalue weighted by Gasteiger charge is 2.04. The Hall–Kier alpha value is -2.60. The molecule has 0 aliphatic heterocycles. The molecule has 3 aromatic rings. The molecule has 0 fully saturated rings. The van der Waals surface area contributed by atoms with Crippen molar-refractivity contribution >= 4 is 17.6 Å². The van der Waals surface area contributed by atoms with E-state index in [0.29, 0.717) is 6.54 Å². The maximum Gasteiger partial charge on any atom is 0.211 e. The third kappa shape index (κ3) is 3.35. The molecule has 0 aliphatic rings. The van der Waals surface area contributed by atoms with Crippen molar-refractivity contribution in [2.75, 3.05) is 0 Å². The molecule has 5 nitrogen and oxygen atoms in total. The molecule has 0 radical (unpaired) electrons. The highest BCUT2D eigenvalue weighted by molar-refractivity contribution is 7.07. The summed E-state index contributed by atoms with van der Waals surface area (Å²) in [4.78, 5) is 0.809. The third-order valence-electron chi connectivity index (χ3n) is 3.13. The van der Waals surface area contributed by atoms with E-state index < -0.39 is 0 Å². The zero-order valence-electron chi connectivity index (χ0n) is 12.0. The molecule has 0 unspecified atom stereocenters. The number of rotatable bonds is 4. The lowest BCUT2D eigenvalue weighted by Crippen LogP contribution is -2.16. The van der Waals surface area contributed by atoms with Crippen molar-refractivity contribution in [1.29, 1.82) is 0 Å². The number of hydrogen-bond acceptors (Lipinski definition) is 5. The van der Waals surface area contributed by atoms with Crippen molar-refractivity contribution in [3.8, 4) is 5.75 Å². The first-order valence-corrected chi connectivity index (χ1v) is 7.64. The molecule has 2 aromatic heterocycles. The van der Waals surface area contributed by atoms with Crippen molar-refractivity contribution in [2.24, 2.45) is 10.2 Å². The maximum atomic E-state index is 9.24. The Bertz CT molecular complexity index is 827. The maximum absolute atomic E-state index is 9.24. The van der Waals surface area contributed by atoms with Crippen molar-refractivity contribution in [1.82, 2.24) is 4.57 Å². The van der Waals surface area contributed by atoms with Crippen LogP contribution in [0.4, 0.5) is 0 Å². The summed E-state index contributed by atoms with van der Waals surface area (Å²) in [5.41, 5.74) is 1.99. The topological polar surface area (TPSA) is 63.0 Å². The zero-order chi connectivity index (χ0) is 15.4. The van der Waals surface area contributed by atoms with Gasteiger partial charge < -0.3 is 14.1 Å². The molecule has 6 heteroatoms. The number of aryl methyl sites for hydroxylation is 1. The van der Waals surface area contributed by atoms with Crippen LogP contribution in [0.5, 0.6) is 5.75 Å². The fraction of sp³-hybridized carbons (Fsp3) is 0.125. The number of hydrogen-bond donors (Lipinski definition) is 1. The number of aromatic hydroxyl groups is 1. The van der Waals surface area contributed by atoms with E-state index in [4.69, 9.17) is 4.42 Å². The van der Waals surface area contributed by atoms with Gasteiger partial charge in [-0.05, 0) is 48.9 Å². The molecule has 22 heavy (non-hydrogen) atoms. The van der Waals surface area contributed by atoms with Crippen molar-refractivity contribution < 1.29 is 9.52 Å². The Kier molecular flexibility index (Phi) is 4.20. The lowest BCUT2D eigenvalue weighted by molar-refractivity contribution is 0.475. The van der Waals surface area contributed by atoms with Crippen molar-refractivity contribution in [3.63, 3.8) is 0 Å². The van der Waals surface area contributed by atoms with Gasteiger partial charge in [-0.1, -0.05) is 0 Å². The number of aromatic nitrogens is 1. The Morgan fingerprint density at radius 2 is 2.09 bits per heavy atom. The van der Waals surface area contributed by atoms with E-state index in [2.05, 4.69) is 14.8 Å². The second-order valence-electron chi connectivity index (χ2n) is 4.76. The van der Waals surface area contributed by atoms with Gasteiger partial charge in [0.25, 0.3) is 0 Å². The van der Waals surface area contributed by atoms with Crippen molar-refractivity contribution in [2.45, 2.75) is 13.5 Å². The molecule has 3 rings (SSSR count). The number of furan rings is 1. The van der Waals surface area contributed by atoms with Crippen LogP contribution in [0, 0.1) is 6.92 Å². The monoisotopic (exact) mass is 313 g/mol. The summed E-state index contributed by atoms with van der Waals surface area (Å²) in [5.74, 6) is 1.12. The van der Waals surface area contributed by atoms with Gasteiger partial charge in [0.05, 0.1) is 19.0 Å². The highest BCUT2D eigenvalue weighted by atomic mass is 32.1. The normalized spacial score (nSPS) is 12.3. The van der Waals surface area contributed by atoms with Gasteiger partial charge in [-0.15, -0.1) is 16.4 Å². The first-order chi connectivity index (χ1) is 10.7. The Morgan fingerprint density at radius 3 is 2.82 bits per heavy atom. The van der Waals surface area contributed by atoms with Gasteiger partial charge in [0.1, 0.15) is 11.5 Å². The smallest absolute Gasteiger partial charge is 0.211 e. The van der Waals surface area contributed by atoms with E-state index in [9.17, 15) is 5.11 Å². The van der Waals surface area contributed by atoms with Gasteiger partial charge in [0.2, 0.25) is 4.80 Å². The minimum absolute atomic E-state index is 0.235. The molecule has 0 saturated carbocycles. The van der Waals surface area contributed by atoms with Gasteiger partial charge in [-0.2, -0.15) is 5.10 Å². The number of phenols is 1. The Balaban J connectivity index is 1.83. The van der Waals surface area contributed by atoms with Crippen LogP contribution in [0.3, 0.4) is 0 Å². The van der Waals surface area contributed by atoms with E-state index in [1.807, 2.05) is 24.4 Å². The molecule has 0 saturated heterocycles. The van der Waals surface area contributed by atoms with Crippen LogP contribution in [0.2, 0.25) is 0 Å². The molecule has 0 aliphatic carbocycles. The van der Waals surface area contributed by atoms with Gasteiger partial charge in [0, 0.05) is 11.1 Å². The molecule has 1 N–H and O–H groups in total. The molecule has 112 valence electrons. The zero-order valence-corrected chi connectivity index (χ0v) is 12.8. The second-order valence-corrected chi connectivity index (χ2v) is 5.60. The summed E-state index contributed by atoms with van der Waals surface area (Å²) in [6.07, 6.45) is 3.32. The molecule has 0 bridgehead atoms. The number of benzene rings is 1. The molecule has 0 atom stereocenters. The highest BCUT2D eigenvalue weighted by Crippen LogP contribution is 2.08. The summed E-state index contributed by atoms with van der Waals surface area (Å²) in [6.45, 7) is 2.66. The van der Waals surface area contributed by atoms with Crippen LogP contribution in [0.25, 0.3) is 0 Å². The summed E-state index contributed by atoms with van der Waals surface area (Å²) in [7, 11) is 0. The Morgan fingerprint density at radius 1 is 1.27 bits per heavy atom. The average molecular weight is 313 g/mol. The molecular weight excluding hydrogens is 298 g/mol. The van der Waals surface area contributed by atoms with E-state index >= 15 is 0 Å². The van der Waals surface area contributed by atoms with Gasteiger partial charge in [0.15, 0.2) is 0 Å². The predicted octanol–water partition coefficient (Wildman–Crippen LogP) is 3.14. The first-order valence-electron chi connectivity index (χ1n) is 6.76. The lowest BCUT2D eigenvalue weighted by atomic mass is 10.2. The van der Waals surface area contributed by atoms with E-state index in [-0.39, 0.29) is 5.75 Å².